The molecule has 0 saturated carbocycles. The Morgan fingerprint density at radius 2 is 2.12 bits per heavy atom. The minimum Gasteiger partial charge on any atom is -0.491 e. The molecule has 0 bridgehead atoms. The van der Waals surface area contributed by atoms with Crippen molar-refractivity contribution >= 4 is 16.5 Å². The molecule has 0 amide bonds. The topological polar surface area (TPSA) is 81.5 Å². The first-order valence-electron chi connectivity index (χ1n) is 8.09. The van der Waals surface area contributed by atoms with Gasteiger partial charge in [0.1, 0.15) is 29.0 Å². The predicted octanol–water partition coefficient (Wildman–Crippen LogP) is 3.06. The summed E-state index contributed by atoms with van der Waals surface area (Å²) in [6, 6.07) is 12.8. The second-order valence-corrected chi connectivity index (χ2v) is 5.71. The molecular weight excluding hydrogens is 334 g/mol. The molecule has 4 aromatic rings. The molecule has 132 valence electrons. The number of fused-ring (bicyclic) bond motifs is 2. The highest BCUT2D eigenvalue weighted by Gasteiger charge is 2.09. The number of hydrogen-bond acceptors (Lipinski definition) is 6. The van der Waals surface area contributed by atoms with Gasteiger partial charge in [0, 0.05) is 24.9 Å². The van der Waals surface area contributed by atoms with Crippen LogP contribution < -0.4 is 10.1 Å². The number of methoxy groups -OCH3 is 1. The summed E-state index contributed by atoms with van der Waals surface area (Å²) < 4.78 is 18.5. The van der Waals surface area contributed by atoms with Crippen LogP contribution in [-0.2, 0) is 4.74 Å². The molecule has 3 aromatic heterocycles. The SMILES string of the molecule is COCCOc1ccc2oc(-c3cc4cccn4cn3)c/c(=N/O)c2c1. The predicted molar refractivity (Wildman–Crippen MR) is 95.1 cm³/mol. The molecule has 1 aromatic carbocycles. The van der Waals surface area contributed by atoms with Crippen LogP contribution in [0.5, 0.6) is 5.75 Å². The molecular formula is C19H17N3O4. The second-order valence-electron chi connectivity index (χ2n) is 5.71. The van der Waals surface area contributed by atoms with Crippen molar-refractivity contribution in [2.75, 3.05) is 20.3 Å². The number of aromatic nitrogens is 2. The van der Waals surface area contributed by atoms with E-state index in [0.717, 1.165) is 5.52 Å². The molecule has 0 saturated heterocycles. The van der Waals surface area contributed by atoms with Crippen molar-refractivity contribution in [2.24, 2.45) is 5.16 Å². The summed E-state index contributed by atoms with van der Waals surface area (Å²) in [5, 5.41) is 13.9. The summed E-state index contributed by atoms with van der Waals surface area (Å²) in [6.07, 6.45) is 3.64. The van der Waals surface area contributed by atoms with Crippen LogP contribution in [0.25, 0.3) is 27.9 Å². The fourth-order valence-corrected chi connectivity index (χ4v) is 2.76. The molecule has 0 atom stereocenters. The summed E-state index contributed by atoms with van der Waals surface area (Å²) in [7, 11) is 1.62. The normalized spacial score (nSPS) is 12.1. The zero-order chi connectivity index (χ0) is 17.9. The minimum absolute atomic E-state index is 0.385. The molecule has 0 spiro atoms. The average Bonchev–Trinajstić information content (AvgIpc) is 3.15. The minimum atomic E-state index is 0.385. The highest BCUT2D eigenvalue weighted by atomic mass is 16.5. The average molecular weight is 351 g/mol. The molecule has 0 aliphatic rings. The lowest BCUT2D eigenvalue weighted by Gasteiger charge is -2.08. The van der Waals surface area contributed by atoms with Gasteiger partial charge in [-0.1, -0.05) is 5.16 Å². The van der Waals surface area contributed by atoms with E-state index < -0.39 is 0 Å². The zero-order valence-electron chi connectivity index (χ0n) is 14.1. The lowest BCUT2D eigenvalue weighted by Crippen LogP contribution is -2.06. The summed E-state index contributed by atoms with van der Waals surface area (Å²) in [4.78, 5) is 4.41. The largest absolute Gasteiger partial charge is 0.491 e. The van der Waals surface area contributed by atoms with Crippen molar-refractivity contribution in [1.82, 2.24) is 9.38 Å². The number of benzene rings is 1. The zero-order valence-corrected chi connectivity index (χ0v) is 14.1. The fraction of sp³-hybridized carbons (Fsp3) is 0.158. The van der Waals surface area contributed by atoms with Gasteiger partial charge < -0.3 is 23.5 Å². The van der Waals surface area contributed by atoms with Crippen molar-refractivity contribution < 1.29 is 19.1 Å². The number of rotatable bonds is 5. The van der Waals surface area contributed by atoms with E-state index in [2.05, 4.69) is 10.1 Å². The molecule has 0 radical (unpaired) electrons. The molecule has 0 aliphatic carbocycles. The van der Waals surface area contributed by atoms with Crippen LogP contribution in [0, 0.1) is 0 Å². The van der Waals surface area contributed by atoms with Crippen LogP contribution in [-0.4, -0.2) is 34.9 Å². The van der Waals surface area contributed by atoms with E-state index in [1.807, 2.05) is 28.8 Å². The van der Waals surface area contributed by atoms with Crippen LogP contribution in [0.4, 0.5) is 0 Å². The molecule has 0 fully saturated rings. The maximum absolute atomic E-state index is 9.45. The standard InChI is InChI=1S/C19H17N3O4/c1-24-7-8-25-14-4-5-18-15(10-14)16(21-23)11-19(26-18)17-9-13-3-2-6-22(13)12-20-17/h2-6,9-12,23H,7-8H2,1H3/b21-16-. The van der Waals surface area contributed by atoms with Gasteiger partial charge in [-0.15, -0.1) is 0 Å². The Morgan fingerprint density at radius 3 is 2.96 bits per heavy atom. The van der Waals surface area contributed by atoms with E-state index in [1.54, 1.807) is 37.7 Å². The van der Waals surface area contributed by atoms with Gasteiger partial charge in [-0.25, -0.2) is 4.98 Å². The molecule has 26 heavy (non-hydrogen) atoms. The Balaban J connectivity index is 1.78. The Morgan fingerprint density at radius 1 is 1.19 bits per heavy atom. The van der Waals surface area contributed by atoms with Crippen molar-refractivity contribution in [3.63, 3.8) is 0 Å². The Bertz CT molecular complexity index is 1130. The van der Waals surface area contributed by atoms with E-state index in [9.17, 15) is 5.21 Å². The van der Waals surface area contributed by atoms with Gasteiger partial charge in [-0.2, -0.15) is 0 Å². The van der Waals surface area contributed by atoms with Crippen molar-refractivity contribution in [3.05, 3.63) is 60.3 Å². The Hall–Kier alpha value is -3.32. The molecule has 7 nitrogen and oxygen atoms in total. The summed E-state index contributed by atoms with van der Waals surface area (Å²) in [5.74, 6) is 1.16. The summed E-state index contributed by atoms with van der Waals surface area (Å²) in [5.41, 5.74) is 2.23. The monoisotopic (exact) mass is 351 g/mol. The fourth-order valence-electron chi connectivity index (χ4n) is 2.76. The van der Waals surface area contributed by atoms with Gasteiger partial charge >= 0.3 is 0 Å². The van der Waals surface area contributed by atoms with Crippen LogP contribution in [0.3, 0.4) is 0 Å². The maximum Gasteiger partial charge on any atom is 0.155 e. The van der Waals surface area contributed by atoms with Gasteiger partial charge in [0.05, 0.1) is 18.3 Å². The third kappa shape index (κ3) is 3.00. The van der Waals surface area contributed by atoms with Crippen LogP contribution in [0.1, 0.15) is 0 Å². The molecule has 0 unspecified atom stereocenters. The lowest BCUT2D eigenvalue weighted by molar-refractivity contribution is 0.146. The highest BCUT2D eigenvalue weighted by Crippen LogP contribution is 2.24. The van der Waals surface area contributed by atoms with Gasteiger partial charge in [0.2, 0.25) is 0 Å². The molecule has 0 aliphatic heterocycles. The van der Waals surface area contributed by atoms with Gasteiger partial charge in [-0.05, 0) is 36.4 Å². The maximum atomic E-state index is 9.45. The summed E-state index contributed by atoms with van der Waals surface area (Å²) >= 11 is 0. The van der Waals surface area contributed by atoms with E-state index in [0.29, 0.717) is 46.7 Å². The number of ether oxygens (including phenoxy) is 2. The van der Waals surface area contributed by atoms with E-state index in [4.69, 9.17) is 13.9 Å². The van der Waals surface area contributed by atoms with Crippen LogP contribution in [0.15, 0.2) is 64.6 Å². The van der Waals surface area contributed by atoms with Crippen LogP contribution in [0.2, 0.25) is 0 Å². The Labute approximate surface area is 148 Å². The molecule has 1 N–H and O–H groups in total. The van der Waals surface area contributed by atoms with Gasteiger partial charge in [0.25, 0.3) is 0 Å². The van der Waals surface area contributed by atoms with Gasteiger partial charge in [-0.3, -0.25) is 0 Å². The first kappa shape index (κ1) is 16.2. The van der Waals surface area contributed by atoms with Crippen molar-refractivity contribution in [2.45, 2.75) is 0 Å². The Kier molecular flexibility index (Phi) is 4.28. The van der Waals surface area contributed by atoms with Crippen molar-refractivity contribution in [1.29, 1.82) is 0 Å². The van der Waals surface area contributed by atoms with E-state index in [-0.39, 0.29) is 0 Å². The van der Waals surface area contributed by atoms with Gasteiger partial charge in [0.15, 0.2) is 5.76 Å². The number of hydrogen-bond donors (Lipinski definition) is 1. The quantitative estimate of drug-likeness (QED) is 0.339. The second kappa shape index (κ2) is 6.89. The van der Waals surface area contributed by atoms with Crippen LogP contribution >= 0.6 is 0 Å². The van der Waals surface area contributed by atoms with Crippen molar-refractivity contribution in [3.8, 4) is 17.2 Å². The van der Waals surface area contributed by atoms with E-state index >= 15 is 0 Å². The highest BCUT2D eigenvalue weighted by molar-refractivity contribution is 5.80. The third-order valence-electron chi connectivity index (χ3n) is 4.05. The molecule has 3 heterocycles. The first-order chi connectivity index (χ1) is 12.8. The number of nitrogens with zero attached hydrogens (tertiary/aromatic N) is 3. The smallest absolute Gasteiger partial charge is 0.155 e. The molecule has 4 rings (SSSR count). The lowest BCUT2D eigenvalue weighted by atomic mass is 10.2. The van der Waals surface area contributed by atoms with E-state index in [1.165, 1.54) is 0 Å². The third-order valence-corrected chi connectivity index (χ3v) is 4.05. The first-order valence-corrected chi connectivity index (χ1v) is 8.09. The summed E-state index contributed by atoms with van der Waals surface area (Å²) in [6.45, 7) is 0.927. The molecule has 7 heteroatoms.